The molecule has 1 nitrogen and oxygen atoms in total. The van der Waals surface area contributed by atoms with Crippen LogP contribution in [0.2, 0.25) is 0 Å². The van der Waals surface area contributed by atoms with Gasteiger partial charge in [0.05, 0.1) is 6.26 Å². The van der Waals surface area contributed by atoms with Crippen molar-refractivity contribution in [2.24, 2.45) is 0 Å². The van der Waals surface area contributed by atoms with Crippen LogP contribution in [0, 0.1) is 0 Å². The van der Waals surface area contributed by atoms with E-state index in [-0.39, 0.29) is 0 Å². The van der Waals surface area contributed by atoms with Gasteiger partial charge in [0, 0.05) is 15.1 Å². The summed E-state index contributed by atoms with van der Waals surface area (Å²) in [6, 6.07) is 3.93. The molecule has 0 saturated carbocycles. The zero-order chi connectivity index (χ0) is 9.97. The van der Waals surface area contributed by atoms with Crippen LogP contribution in [0.3, 0.4) is 0 Å². The van der Waals surface area contributed by atoms with Gasteiger partial charge < -0.3 is 4.42 Å². The zero-order valence-corrected chi connectivity index (χ0v) is 9.82. The molecule has 1 aliphatic heterocycles. The summed E-state index contributed by atoms with van der Waals surface area (Å²) in [6.45, 7) is 2.21. The maximum Gasteiger partial charge on any atom is 0.133 e. The van der Waals surface area contributed by atoms with Crippen LogP contribution in [0.25, 0.3) is 5.57 Å². The van der Waals surface area contributed by atoms with Crippen LogP contribution < -0.4 is 0 Å². The van der Waals surface area contributed by atoms with Crippen LogP contribution in [0.1, 0.15) is 12.7 Å². The van der Waals surface area contributed by atoms with E-state index in [1.54, 1.807) is 18.0 Å². The molecule has 14 heavy (non-hydrogen) atoms. The van der Waals surface area contributed by atoms with Gasteiger partial charge in [-0.2, -0.15) is 0 Å². The predicted octanol–water partition coefficient (Wildman–Crippen LogP) is 4.00. The topological polar surface area (TPSA) is 13.1 Å². The quantitative estimate of drug-likeness (QED) is 0.753. The van der Waals surface area contributed by atoms with E-state index in [1.165, 1.54) is 9.81 Å². The molecule has 0 radical (unpaired) electrons. The Morgan fingerprint density at radius 3 is 3.00 bits per heavy atom. The van der Waals surface area contributed by atoms with Crippen LogP contribution in [0.4, 0.5) is 0 Å². The third kappa shape index (κ3) is 2.10. The first-order valence-corrected chi connectivity index (χ1v) is 6.58. The van der Waals surface area contributed by atoms with Crippen molar-refractivity contribution in [3.63, 3.8) is 0 Å². The van der Waals surface area contributed by atoms with Crippen LogP contribution in [0.5, 0.6) is 0 Å². The molecular weight excluding hydrogens is 212 g/mol. The minimum Gasteiger partial charge on any atom is -0.464 e. The van der Waals surface area contributed by atoms with E-state index in [1.807, 2.05) is 23.9 Å². The van der Waals surface area contributed by atoms with E-state index in [2.05, 4.69) is 25.3 Å². The Balaban J connectivity index is 2.31. The van der Waals surface area contributed by atoms with E-state index < -0.39 is 0 Å². The standard InChI is InChI=1S/C11H12OS2/c1-8-6-9(7-11(13-2)14-8)10-4-3-5-12-10/h3-8H,1-2H3. The Morgan fingerprint density at radius 2 is 2.36 bits per heavy atom. The number of rotatable bonds is 2. The highest BCUT2D eigenvalue weighted by Gasteiger charge is 2.13. The van der Waals surface area contributed by atoms with Gasteiger partial charge >= 0.3 is 0 Å². The molecule has 0 bridgehead atoms. The molecule has 1 atom stereocenters. The molecule has 0 N–H and O–H groups in total. The maximum absolute atomic E-state index is 5.38. The lowest BCUT2D eigenvalue weighted by molar-refractivity contribution is 0.554. The zero-order valence-electron chi connectivity index (χ0n) is 8.19. The largest absolute Gasteiger partial charge is 0.464 e. The molecule has 2 rings (SSSR count). The van der Waals surface area contributed by atoms with E-state index in [0.29, 0.717) is 5.25 Å². The second kappa shape index (κ2) is 4.32. The van der Waals surface area contributed by atoms with Gasteiger partial charge in [0.2, 0.25) is 0 Å². The van der Waals surface area contributed by atoms with Crippen molar-refractivity contribution in [1.29, 1.82) is 0 Å². The molecule has 1 aliphatic rings. The van der Waals surface area contributed by atoms with Crippen molar-refractivity contribution in [2.45, 2.75) is 12.2 Å². The van der Waals surface area contributed by atoms with Gasteiger partial charge in [0.25, 0.3) is 0 Å². The molecule has 0 fully saturated rings. The van der Waals surface area contributed by atoms with Crippen molar-refractivity contribution in [2.75, 3.05) is 6.26 Å². The summed E-state index contributed by atoms with van der Waals surface area (Å²) in [4.78, 5) is 0. The third-order valence-electron chi connectivity index (χ3n) is 2.00. The minimum absolute atomic E-state index is 0.530. The van der Waals surface area contributed by atoms with Crippen molar-refractivity contribution in [3.8, 4) is 0 Å². The van der Waals surface area contributed by atoms with E-state index in [4.69, 9.17) is 4.42 Å². The summed E-state index contributed by atoms with van der Waals surface area (Å²) < 4.78 is 6.74. The fraction of sp³-hybridized carbons (Fsp3) is 0.273. The summed E-state index contributed by atoms with van der Waals surface area (Å²) >= 11 is 3.69. The number of allylic oxidation sites excluding steroid dienone is 2. The maximum atomic E-state index is 5.38. The molecule has 2 heterocycles. The smallest absolute Gasteiger partial charge is 0.133 e. The Labute approximate surface area is 92.6 Å². The highest BCUT2D eigenvalue weighted by atomic mass is 32.2. The molecule has 0 spiro atoms. The van der Waals surface area contributed by atoms with Gasteiger partial charge in [-0.1, -0.05) is 6.08 Å². The van der Waals surface area contributed by atoms with E-state index in [0.717, 1.165) is 5.76 Å². The highest BCUT2D eigenvalue weighted by Crippen LogP contribution is 2.38. The Bertz CT molecular complexity index is 363. The number of hydrogen-bond acceptors (Lipinski definition) is 3. The van der Waals surface area contributed by atoms with Gasteiger partial charge in [-0.25, -0.2) is 0 Å². The summed E-state index contributed by atoms with van der Waals surface area (Å²) in [5.74, 6) is 0.962. The lowest BCUT2D eigenvalue weighted by atomic mass is 10.1. The van der Waals surface area contributed by atoms with Crippen LogP contribution in [0.15, 0.2) is 39.2 Å². The first-order chi connectivity index (χ1) is 6.79. The molecule has 0 aliphatic carbocycles. The molecular formula is C11H12OS2. The normalized spacial score (nSPS) is 21.7. The van der Waals surface area contributed by atoms with Gasteiger partial charge in [-0.05, 0) is 31.4 Å². The van der Waals surface area contributed by atoms with Crippen LogP contribution in [-0.4, -0.2) is 11.5 Å². The summed E-state index contributed by atoms with van der Waals surface area (Å²) in [6.07, 6.45) is 8.25. The number of furan rings is 1. The minimum atomic E-state index is 0.530. The monoisotopic (exact) mass is 224 g/mol. The first kappa shape index (κ1) is 9.99. The van der Waals surface area contributed by atoms with Gasteiger partial charge in [-0.3, -0.25) is 0 Å². The summed E-state index contributed by atoms with van der Waals surface area (Å²) in [5.41, 5.74) is 1.20. The van der Waals surface area contributed by atoms with E-state index in [9.17, 15) is 0 Å². The molecule has 0 aromatic carbocycles. The molecule has 1 aromatic rings. The van der Waals surface area contributed by atoms with Crippen LogP contribution in [-0.2, 0) is 0 Å². The van der Waals surface area contributed by atoms with Gasteiger partial charge in [-0.15, -0.1) is 23.5 Å². The lowest BCUT2D eigenvalue weighted by Gasteiger charge is -2.15. The van der Waals surface area contributed by atoms with Crippen molar-refractivity contribution < 1.29 is 4.42 Å². The predicted molar refractivity (Wildman–Crippen MR) is 65.3 cm³/mol. The second-order valence-corrected chi connectivity index (χ2v) is 5.62. The number of thioether (sulfide) groups is 2. The van der Waals surface area contributed by atoms with Gasteiger partial charge in [0.1, 0.15) is 5.76 Å². The molecule has 0 saturated heterocycles. The summed E-state index contributed by atoms with van der Waals surface area (Å²) in [7, 11) is 0. The lowest BCUT2D eigenvalue weighted by Crippen LogP contribution is -1.97. The summed E-state index contributed by atoms with van der Waals surface area (Å²) in [5, 5.41) is 0.530. The molecule has 3 heteroatoms. The fourth-order valence-corrected chi connectivity index (χ4v) is 3.24. The molecule has 0 amide bonds. The Hall–Kier alpha value is -0.540. The van der Waals surface area contributed by atoms with Crippen LogP contribution >= 0.6 is 23.5 Å². The SMILES string of the molecule is CSC1=CC(c2ccco2)=CC(C)S1. The molecule has 1 unspecified atom stereocenters. The van der Waals surface area contributed by atoms with E-state index >= 15 is 0 Å². The molecule has 74 valence electrons. The fourth-order valence-electron chi connectivity index (χ4n) is 1.38. The third-order valence-corrected chi connectivity index (χ3v) is 4.16. The average molecular weight is 224 g/mol. The second-order valence-electron chi connectivity index (χ2n) is 3.09. The Morgan fingerprint density at radius 1 is 1.50 bits per heavy atom. The van der Waals surface area contributed by atoms with Crippen molar-refractivity contribution >= 4 is 29.1 Å². The number of hydrogen-bond donors (Lipinski definition) is 0. The van der Waals surface area contributed by atoms with Crippen molar-refractivity contribution in [1.82, 2.24) is 0 Å². The van der Waals surface area contributed by atoms with Crippen molar-refractivity contribution in [3.05, 3.63) is 40.5 Å². The Kier molecular flexibility index (Phi) is 3.08. The molecule has 1 aromatic heterocycles. The highest BCUT2D eigenvalue weighted by molar-refractivity contribution is 8.22. The van der Waals surface area contributed by atoms with Gasteiger partial charge in [0.15, 0.2) is 0 Å². The average Bonchev–Trinajstić information content (AvgIpc) is 2.69. The first-order valence-electron chi connectivity index (χ1n) is 4.47.